The zero-order valence-electron chi connectivity index (χ0n) is 19.4. The van der Waals surface area contributed by atoms with Gasteiger partial charge in [-0.15, -0.1) is 11.3 Å². The van der Waals surface area contributed by atoms with E-state index in [9.17, 15) is 0 Å². The van der Waals surface area contributed by atoms with E-state index >= 15 is 0 Å². The molecule has 0 radical (unpaired) electrons. The van der Waals surface area contributed by atoms with Gasteiger partial charge in [0, 0.05) is 31.1 Å². The molecule has 8 rings (SSSR count). The lowest BCUT2D eigenvalue weighted by Crippen LogP contribution is -1.98. The molecule has 2 heterocycles. The number of hydrogen-bond donors (Lipinski definition) is 0. The van der Waals surface area contributed by atoms with Crippen LogP contribution in [-0.2, 0) is 0 Å². The van der Waals surface area contributed by atoms with Gasteiger partial charge in [-0.2, -0.15) is 0 Å². The number of hydrogen-bond acceptors (Lipinski definition) is 2. The lowest BCUT2D eigenvalue weighted by atomic mass is 9.89. The molecule has 0 fully saturated rings. The molecule has 1 aliphatic rings. The van der Waals surface area contributed by atoms with Crippen molar-refractivity contribution in [1.82, 2.24) is 0 Å². The van der Waals surface area contributed by atoms with Gasteiger partial charge < -0.3 is 4.74 Å². The first kappa shape index (κ1) is 19.9. The van der Waals surface area contributed by atoms with E-state index in [1.807, 2.05) is 17.4 Å². The van der Waals surface area contributed by atoms with Crippen LogP contribution in [0.2, 0.25) is 0 Å². The smallest absolute Gasteiger partial charge is 0.135 e. The van der Waals surface area contributed by atoms with Crippen molar-refractivity contribution < 1.29 is 4.74 Å². The van der Waals surface area contributed by atoms with E-state index in [-0.39, 0.29) is 0 Å². The predicted molar refractivity (Wildman–Crippen MR) is 153 cm³/mol. The lowest BCUT2D eigenvalue weighted by Gasteiger charge is -2.23. The Morgan fingerprint density at radius 3 is 2.11 bits per heavy atom. The SMILES string of the molecule is c1ccc(-c2ccc3c(c2)Oc2cccc4c(-c5ccc6sc7ccccc7c6c5)ccc-3c24)cc1. The van der Waals surface area contributed by atoms with Crippen molar-refractivity contribution in [1.29, 1.82) is 0 Å². The maximum absolute atomic E-state index is 6.52. The van der Waals surface area contributed by atoms with Crippen LogP contribution in [0, 0.1) is 0 Å². The molecule has 1 aromatic heterocycles. The van der Waals surface area contributed by atoms with Crippen molar-refractivity contribution in [3.63, 3.8) is 0 Å². The summed E-state index contributed by atoms with van der Waals surface area (Å²) in [6, 6.07) is 43.5. The zero-order valence-corrected chi connectivity index (χ0v) is 20.2. The van der Waals surface area contributed by atoms with Gasteiger partial charge in [0.25, 0.3) is 0 Å². The number of fused-ring (bicyclic) bond motifs is 5. The third-order valence-electron chi connectivity index (χ3n) is 7.29. The molecule has 1 nitrogen and oxygen atoms in total. The van der Waals surface area contributed by atoms with E-state index in [0.717, 1.165) is 22.6 Å². The largest absolute Gasteiger partial charge is 0.456 e. The summed E-state index contributed by atoms with van der Waals surface area (Å²) in [5.74, 6) is 1.83. The molecule has 6 aromatic carbocycles. The Labute approximate surface area is 212 Å². The second-order valence-electron chi connectivity index (χ2n) is 9.33. The molecular weight excluding hydrogens is 456 g/mol. The molecular formula is C34H20OS. The average Bonchev–Trinajstić information content (AvgIpc) is 3.31. The molecule has 2 heteroatoms. The highest BCUT2D eigenvalue weighted by Gasteiger charge is 2.22. The van der Waals surface area contributed by atoms with E-state index in [2.05, 4.69) is 115 Å². The van der Waals surface area contributed by atoms with Crippen molar-refractivity contribution in [3.05, 3.63) is 121 Å². The molecule has 36 heavy (non-hydrogen) atoms. The zero-order chi connectivity index (χ0) is 23.6. The minimum Gasteiger partial charge on any atom is -0.456 e. The van der Waals surface area contributed by atoms with Crippen LogP contribution in [0.15, 0.2) is 121 Å². The summed E-state index contributed by atoms with van der Waals surface area (Å²) in [6.45, 7) is 0. The Morgan fingerprint density at radius 2 is 1.17 bits per heavy atom. The van der Waals surface area contributed by atoms with Gasteiger partial charge in [-0.25, -0.2) is 0 Å². The number of benzene rings is 6. The summed E-state index contributed by atoms with van der Waals surface area (Å²) in [6.07, 6.45) is 0. The first-order valence-corrected chi connectivity index (χ1v) is 13.0. The van der Waals surface area contributed by atoms with Crippen molar-refractivity contribution in [2.75, 3.05) is 0 Å². The van der Waals surface area contributed by atoms with Crippen LogP contribution in [-0.4, -0.2) is 0 Å². The summed E-state index contributed by atoms with van der Waals surface area (Å²) in [4.78, 5) is 0. The molecule has 0 amide bonds. The summed E-state index contributed by atoms with van der Waals surface area (Å²) < 4.78 is 9.18. The van der Waals surface area contributed by atoms with Gasteiger partial charge in [-0.3, -0.25) is 0 Å². The molecule has 168 valence electrons. The molecule has 0 unspecified atom stereocenters. The van der Waals surface area contributed by atoms with E-state index < -0.39 is 0 Å². The average molecular weight is 477 g/mol. The fourth-order valence-electron chi connectivity index (χ4n) is 5.59. The minimum atomic E-state index is 0.912. The first-order chi connectivity index (χ1) is 17.8. The third-order valence-corrected chi connectivity index (χ3v) is 8.44. The van der Waals surface area contributed by atoms with Crippen LogP contribution in [0.4, 0.5) is 0 Å². The maximum Gasteiger partial charge on any atom is 0.135 e. The van der Waals surface area contributed by atoms with Crippen molar-refractivity contribution >= 4 is 42.3 Å². The molecule has 1 aliphatic heterocycles. The summed E-state index contributed by atoms with van der Waals surface area (Å²) in [5.41, 5.74) is 7.20. The fourth-order valence-corrected chi connectivity index (χ4v) is 6.67. The Hall–Kier alpha value is -4.40. The predicted octanol–water partition coefficient (Wildman–Crippen LogP) is 10.3. The molecule has 7 aromatic rings. The number of thiophene rings is 1. The molecule has 0 bridgehead atoms. The second kappa shape index (κ2) is 7.55. The molecule has 0 saturated heterocycles. The quantitative estimate of drug-likeness (QED) is 0.241. The molecule has 0 saturated carbocycles. The second-order valence-corrected chi connectivity index (χ2v) is 10.4. The van der Waals surface area contributed by atoms with Gasteiger partial charge in [0.1, 0.15) is 11.5 Å². The number of ether oxygens (including phenoxy) is 1. The Balaban J connectivity index is 1.32. The standard InChI is InChI=1S/C34H20OS/c1-2-7-21(8-3-1)22-13-15-25-28-17-16-24(27-10-6-11-30(34(27)28)35-31(25)20-22)23-14-18-33-29(19-23)26-9-4-5-12-32(26)36-33/h1-20H. The van der Waals surface area contributed by atoms with Crippen LogP contribution in [0.5, 0.6) is 11.5 Å². The van der Waals surface area contributed by atoms with E-state index in [0.29, 0.717) is 0 Å². The van der Waals surface area contributed by atoms with Gasteiger partial charge in [-0.05, 0) is 69.6 Å². The number of rotatable bonds is 2. The third kappa shape index (κ3) is 2.89. The van der Waals surface area contributed by atoms with E-state index in [4.69, 9.17) is 4.74 Å². The van der Waals surface area contributed by atoms with E-state index in [1.165, 1.54) is 53.2 Å². The highest BCUT2D eigenvalue weighted by Crippen LogP contribution is 2.49. The minimum absolute atomic E-state index is 0.912. The highest BCUT2D eigenvalue weighted by molar-refractivity contribution is 7.25. The normalized spacial score (nSPS) is 12.1. The Bertz CT molecular complexity index is 1960. The van der Waals surface area contributed by atoms with Gasteiger partial charge in [-0.1, -0.05) is 84.9 Å². The lowest BCUT2D eigenvalue weighted by molar-refractivity contribution is 0.487. The summed E-state index contributed by atoms with van der Waals surface area (Å²) >= 11 is 1.86. The van der Waals surface area contributed by atoms with Crippen LogP contribution in [0.25, 0.3) is 64.3 Å². The molecule has 0 aliphatic carbocycles. The van der Waals surface area contributed by atoms with Crippen LogP contribution < -0.4 is 4.74 Å². The van der Waals surface area contributed by atoms with Crippen LogP contribution in [0.1, 0.15) is 0 Å². The monoisotopic (exact) mass is 476 g/mol. The van der Waals surface area contributed by atoms with Gasteiger partial charge in [0.2, 0.25) is 0 Å². The molecule has 0 spiro atoms. The van der Waals surface area contributed by atoms with E-state index in [1.54, 1.807) is 0 Å². The first-order valence-electron chi connectivity index (χ1n) is 12.2. The molecule has 0 N–H and O–H groups in total. The van der Waals surface area contributed by atoms with Crippen LogP contribution in [0.3, 0.4) is 0 Å². The Morgan fingerprint density at radius 1 is 0.417 bits per heavy atom. The maximum atomic E-state index is 6.52. The fraction of sp³-hybridized carbons (Fsp3) is 0. The van der Waals surface area contributed by atoms with Gasteiger partial charge in [0.05, 0.1) is 0 Å². The Kier molecular flexibility index (Phi) is 4.16. The topological polar surface area (TPSA) is 9.23 Å². The van der Waals surface area contributed by atoms with Crippen molar-refractivity contribution in [2.45, 2.75) is 0 Å². The summed E-state index contributed by atoms with van der Waals surface area (Å²) in [7, 11) is 0. The van der Waals surface area contributed by atoms with Crippen molar-refractivity contribution in [2.24, 2.45) is 0 Å². The van der Waals surface area contributed by atoms with Gasteiger partial charge in [0.15, 0.2) is 0 Å². The highest BCUT2D eigenvalue weighted by atomic mass is 32.1. The van der Waals surface area contributed by atoms with Crippen LogP contribution >= 0.6 is 11.3 Å². The van der Waals surface area contributed by atoms with Gasteiger partial charge >= 0.3 is 0 Å². The molecule has 0 atom stereocenters. The van der Waals surface area contributed by atoms with Crippen molar-refractivity contribution in [3.8, 4) is 44.9 Å². The summed E-state index contributed by atoms with van der Waals surface area (Å²) in [5, 5.41) is 5.06.